The molecule has 0 radical (unpaired) electrons. The Morgan fingerprint density at radius 2 is 1.78 bits per heavy atom. The number of hydrogen-bond acceptors (Lipinski definition) is 3. The summed E-state index contributed by atoms with van der Waals surface area (Å²) in [6.45, 7) is 0. The van der Waals surface area contributed by atoms with Gasteiger partial charge in [0, 0.05) is 29.8 Å². The number of carbonyl (C=O) groups is 2. The van der Waals surface area contributed by atoms with Crippen molar-refractivity contribution in [2.24, 2.45) is 7.05 Å². The molecule has 0 bridgehead atoms. The van der Waals surface area contributed by atoms with E-state index in [1.807, 2.05) is 24.3 Å². The van der Waals surface area contributed by atoms with Crippen molar-refractivity contribution < 1.29 is 19.4 Å². The van der Waals surface area contributed by atoms with Crippen LogP contribution in [0.15, 0.2) is 48.7 Å². The third-order valence-corrected chi connectivity index (χ3v) is 3.83. The molecular formula is C18H15NO4. The molecule has 1 N–H and O–H groups in total. The second-order valence-corrected chi connectivity index (χ2v) is 5.22. The Hall–Kier alpha value is -3.08. The Labute approximate surface area is 132 Å². The van der Waals surface area contributed by atoms with Crippen LogP contribution in [0.5, 0.6) is 5.75 Å². The normalized spacial score (nSPS) is 10.7. The SMILES string of the molecule is COc1ccc(C(=O)c2cc(C(=O)O)n(C)c2)c2ccccc12. The van der Waals surface area contributed by atoms with Crippen LogP contribution in [-0.4, -0.2) is 28.5 Å². The molecule has 0 amide bonds. The van der Waals surface area contributed by atoms with Crippen LogP contribution >= 0.6 is 0 Å². The number of rotatable bonds is 4. The predicted octanol–water partition coefficient (Wildman–Crippen LogP) is 3.12. The highest BCUT2D eigenvalue weighted by Gasteiger charge is 2.19. The van der Waals surface area contributed by atoms with Gasteiger partial charge in [-0.25, -0.2) is 4.79 Å². The number of hydrogen-bond donors (Lipinski definition) is 1. The molecule has 1 aromatic heterocycles. The maximum Gasteiger partial charge on any atom is 0.352 e. The van der Waals surface area contributed by atoms with Crippen molar-refractivity contribution in [1.29, 1.82) is 0 Å². The first kappa shape index (κ1) is 14.8. The van der Waals surface area contributed by atoms with E-state index in [-0.39, 0.29) is 11.5 Å². The smallest absolute Gasteiger partial charge is 0.352 e. The highest BCUT2D eigenvalue weighted by molar-refractivity contribution is 6.17. The minimum atomic E-state index is -1.06. The quantitative estimate of drug-likeness (QED) is 0.752. The van der Waals surface area contributed by atoms with Crippen LogP contribution in [0.25, 0.3) is 10.8 Å². The molecule has 0 aliphatic rings. The number of benzene rings is 2. The average molecular weight is 309 g/mol. The highest BCUT2D eigenvalue weighted by atomic mass is 16.5. The summed E-state index contributed by atoms with van der Waals surface area (Å²) in [5, 5.41) is 10.7. The molecule has 0 aliphatic carbocycles. The number of aromatic carboxylic acids is 1. The molecule has 0 atom stereocenters. The van der Waals surface area contributed by atoms with Gasteiger partial charge in [-0.3, -0.25) is 4.79 Å². The van der Waals surface area contributed by atoms with Crippen molar-refractivity contribution in [3.63, 3.8) is 0 Å². The zero-order chi connectivity index (χ0) is 16.6. The Kier molecular flexibility index (Phi) is 3.62. The van der Waals surface area contributed by atoms with E-state index in [1.54, 1.807) is 26.3 Å². The molecule has 0 saturated carbocycles. The third kappa shape index (κ3) is 2.46. The minimum absolute atomic E-state index is 0.0752. The van der Waals surface area contributed by atoms with Gasteiger partial charge in [0.2, 0.25) is 0 Å². The van der Waals surface area contributed by atoms with Crippen LogP contribution in [0.4, 0.5) is 0 Å². The summed E-state index contributed by atoms with van der Waals surface area (Å²) in [6.07, 6.45) is 1.53. The topological polar surface area (TPSA) is 68.5 Å². The van der Waals surface area contributed by atoms with Crippen molar-refractivity contribution in [3.05, 3.63) is 65.5 Å². The zero-order valence-electron chi connectivity index (χ0n) is 12.7. The van der Waals surface area contributed by atoms with E-state index in [0.29, 0.717) is 16.9 Å². The highest BCUT2D eigenvalue weighted by Crippen LogP contribution is 2.29. The van der Waals surface area contributed by atoms with Crippen molar-refractivity contribution in [2.75, 3.05) is 7.11 Å². The van der Waals surface area contributed by atoms with Crippen LogP contribution < -0.4 is 4.74 Å². The molecule has 1 heterocycles. The van der Waals surface area contributed by atoms with Crippen LogP contribution in [0.3, 0.4) is 0 Å². The molecule has 3 aromatic rings. The van der Waals surface area contributed by atoms with Crippen LogP contribution in [-0.2, 0) is 7.05 Å². The fourth-order valence-electron chi connectivity index (χ4n) is 2.70. The Morgan fingerprint density at radius 3 is 2.39 bits per heavy atom. The number of carboxylic acid groups (broad SMARTS) is 1. The maximum absolute atomic E-state index is 12.8. The van der Waals surface area contributed by atoms with Crippen LogP contribution in [0.2, 0.25) is 0 Å². The minimum Gasteiger partial charge on any atom is -0.496 e. The van der Waals surface area contributed by atoms with Crippen molar-refractivity contribution in [1.82, 2.24) is 4.57 Å². The van der Waals surface area contributed by atoms with E-state index in [4.69, 9.17) is 9.84 Å². The number of ether oxygens (including phenoxy) is 1. The van der Waals surface area contributed by atoms with Gasteiger partial charge in [0.15, 0.2) is 5.78 Å². The average Bonchev–Trinajstić information content (AvgIpc) is 2.95. The molecule has 5 nitrogen and oxygen atoms in total. The fraction of sp³-hybridized carbons (Fsp3) is 0.111. The summed E-state index contributed by atoms with van der Waals surface area (Å²) in [5.74, 6) is -0.588. The molecule has 2 aromatic carbocycles. The lowest BCUT2D eigenvalue weighted by Gasteiger charge is -2.09. The monoisotopic (exact) mass is 309 g/mol. The van der Waals surface area contributed by atoms with E-state index in [0.717, 1.165) is 10.8 Å². The summed E-state index contributed by atoms with van der Waals surface area (Å²) >= 11 is 0. The van der Waals surface area contributed by atoms with Crippen LogP contribution in [0.1, 0.15) is 26.4 Å². The van der Waals surface area contributed by atoms with E-state index < -0.39 is 5.97 Å². The van der Waals surface area contributed by atoms with E-state index in [1.165, 1.54) is 16.8 Å². The molecule has 0 spiro atoms. The Bertz CT molecular complexity index is 924. The summed E-state index contributed by atoms with van der Waals surface area (Å²) in [7, 11) is 3.19. The van der Waals surface area contributed by atoms with Gasteiger partial charge in [0.25, 0.3) is 0 Å². The third-order valence-electron chi connectivity index (χ3n) is 3.83. The second kappa shape index (κ2) is 5.61. The Balaban J connectivity index is 2.15. The number of carboxylic acids is 1. The summed E-state index contributed by atoms with van der Waals surface area (Å²) < 4.78 is 6.76. The number of nitrogens with zero attached hydrogens (tertiary/aromatic N) is 1. The Morgan fingerprint density at radius 1 is 1.09 bits per heavy atom. The van der Waals surface area contributed by atoms with Gasteiger partial charge in [-0.2, -0.15) is 0 Å². The summed E-state index contributed by atoms with van der Waals surface area (Å²) in [5.41, 5.74) is 0.940. The van der Waals surface area contributed by atoms with Crippen LogP contribution in [0, 0.1) is 0 Å². The standard InChI is InChI=1S/C18H15NO4/c1-19-10-11(9-15(19)18(21)22)17(20)14-7-8-16(23-2)13-6-4-3-5-12(13)14/h3-10H,1-2H3,(H,21,22). The van der Waals surface area contributed by atoms with Crippen molar-refractivity contribution in [3.8, 4) is 5.75 Å². The zero-order valence-corrected chi connectivity index (χ0v) is 12.7. The van der Waals surface area contributed by atoms with Gasteiger partial charge >= 0.3 is 5.97 Å². The lowest BCUT2D eigenvalue weighted by molar-refractivity contribution is 0.0686. The van der Waals surface area contributed by atoms with E-state index in [2.05, 4.69) is 0 Å². The lowest BCUT2D eigenvalue weighted by Crippen LogP contribution is -2.02. The molecule has 0 unspecified atom stereocenters. The van der Waals surface area contributed by atoms with Gasteiger partial charge in [-0.1, -0.05) is 24.3 Å². The predicted molar refractivity (Wildman–Crippen MR) is 86.3 cm³/mol. The molecule has 116 valence electrons. The van der Waals surface area contributed by atoms with Gasteiger partial charge in [0.05, 0.1) is 7.11 Å². The van der Waals surface area contributed by atoms with Gasteiger partial charge in [-0.15, -0.1) is 0 Å². The van der Waals surface area contributed by atoms with Gasteiger partial charge in [-0.05, 0) is 23.6 Å². The lowest BCUT2D eigenvalue weighted by atomic mass is 9.98. The molecular weight excluding hydrogens is 294 g/mol. The first-order valence-electron chi connectivity index (χ1n) is 7.03. The first-order chi connectivity index (χ1) is 11.0. The number of methoxy groups -OCH3 is 1. The van der Waals surface area contributed by atoms with Gasteiger partial charge in [0.1, 0.15) is 11.4 Å². The van der Waals surface area contributed by atoms with Gasteiger partial charge < -0.3 is 14.4 Å². The number of aryl methyl sites for hydroxylation is 1. The molecule has 5 heteroatoms. The second-order valence-electron chi connectivity index (χ2n) is 5.22. The molecule has 23 heavy (non-hydrogen) atoms. The first-order valence-corrected chi connectivity index (χ1v) is 7.03. The summed E-state index contributed by atoms with van der Waals surface area (Å²) in [6, 6.07) is 12.3. The number of aromatic nitrogens is 1. The molecule has 0 aliphatic heterocycles. The molecule has 3 rings (SSSR count). The fourth-order valence-corrected chi connectivity index (χ4v) is 2.70. The molecule has 0 fully saturated rings. The van der Waals surface area contributed by atoms with Crippen molar-refractivity contribution >= 4 is 22.5 Å². The van der Waals surface area contributed by atoms with E-state index >= 15 is 0 Å². The number of fused-ring (bicyclic) bond motifs is 1. The number of carbonyl (C=O) groups excluding carboxylic acids is 1. The van der Waals surface area contributed by atoms with Crippen molar-refractivity contribution in [2.45, 2.75) is 0 Å². The summed E-state index contributed by atoms with van der Waals surface area (Å²) in [4.78, 5) is 23.9. The van der Waals surface area contributed by atoms with E-state index in [9.17, 15) is 9.59 Å². The molecule has 0 saturated heterocycles. The maximum atomic E-state index is 12.8. The largest absolute Gasteiger partial charge is 0.496 e. The number of ketones is 1.